The van der Waals surface area contributed by atoms with Gasteiger partial charge in [-0.3, -0.25) is 0 Å². The number of hydrogen-bond acceptors (Lipinski definition) is 3. The maximum atomic E-state index is 8.73. The second kappa shape index (κ2) is 3.93. The van der Waals surface area contributed by atoms with Gasteiger partial charge in [0.15, 0.2) is 0 Å². The Morgan fingerprint density at radius 3 is 2.83 bits per heavy atom. The van der Waals surface area contributed by atoms with Gasteiger partial charge in [-0.15, -0.1) is 0 Å². The van der Waals surface area contributed by atoms with Crippen LogP contribution in [0.15, 0.2) is 16.5 Å². The molecule has 0 aliphatic rings. The molecule has 1 N–H and O–H groups in total. The molecule has 0 saturated carbocycles. The lowest BCUT2D eigenvalue weighted by molar-refractivity contribution is 0.249. The first-order valence-corrected chi connectivity index (χ1v) is 3.82. The molecular weight excluding hydrogens is 154 g/mol. The summed E-state index contributed by atoms with van der Waals surface area (Å²) in [4.78, 5) is 0. The van der Waals surface area contributed by atoms with Crippen LogP contribution in [-0.4, -0.2) is 11.7 Å². The molecule has 0 radical (unpaired) electrons. The topological polar surface area (TPSA) is 57.2 Å². The Bertz CT molecular complexity index is 285. The Labute approximate surface area is 71.2 Å². The van der Waals surface area contributed by atoms with Crippen molar-refractivity contribution in [3.8, 4) is 6.07 Å². The number of furan rings is 1. The van der Waals surface area contributed by atoms with Gasteiger partial charge in [0.2, 0.25) is 0 Å². The molecule has 1 unspecified atom stereocenters. The number of nitrogens with zero attached hydrogens (tertiary/aromatic N) is 1. The molecule has 1 aromatic heterocycles. The van der Waals surface area contributed by atoms with Gasteiger partial charge in [0.1, 0.15) is 11.5 Å². The molecule has 0 spiro atoms. The lowest BCUT2D eigenvalue weighted by Crippen LogP contribution is -2.05. The average molecular weight is 165 g/mol. The van der Waals surface area contributed by atoms with E-state index in [1.807, 2.05) is 25.1 Å². The van der Waals surface area contributed by atoms with E-state index < -0.39 is 0 Å². The summed E-state index contributed by atoms with van der Waals surface area (Å²) in [5, 5.41) is 17.3. The molecule has 0 amide bonds. The third-order valence-electron chi connectivity index (χ3n) is 1.65. The van der Waals surface area contributed by atoms with E-state index in [1.54, 1.807) is 0 Å². The van der Waals surface area contributed by atoms with Gasteiger partial charge in [-0.25, -0.2) is 0 Å². The molecule has 0 bridgehead atoms. The van der Waals surface area contributed by atoms with E-state index in [4.69, 9.17) is 14.8 Å². The number of nitriles is 1. The highest BCUT2D eigenvalue weighted by molar-refractivity contribution is 5.07. The quantitative estimate of drug-likeness (QED) is 0.733. The Balaban J connectivity index is 2.58. The highest BCUT2D eigenvalue weighted by atomic mass is 16.3. The van der Waals surface area contributed by atoms with Gasteiger partial charge in [-0.2, -0.15) is 5.26 Å². The fraction of sp³-hybridized carbons (Fsp3) is 0.444. The van der Waals surface area contributed by atoms with E-state index in [2.05, 4.69) is 0 Å². The fourth-order valence-corrected chi connectivity index (χ4v) is 0.989. The summed E-state index contributed by atoms with van der Waals surface area (Å²) in [6.07, 6.45) is 0.487. The highest BCUT2D eigenvalue weighted by Gasteiger charge is 2.08. The van der Waals surface area contributed by atoms with Crippen LogP contribution >= 0.6 is 0 Å². The van der Waals surface area contributed by atoms with E-state index in [1.165, 1.54) is 0 Å². The van der Waals surface area contributed by atoms with Gasteiger partial charge in [-0.1, -0.05) is 0 Å². The zero-order valence-electron chi connectivity index (χ0n) is 6.95. The van der Waals surface area contributed by atoms with Gasteiger partial charge in [0.25, 0.3) is 0 Å². The average Bonchev–Trinajstić information content (AvgIpc) is 2.47. The van der Waals surface area contributed by atoms with E-state index in [0.717, 1.165) is 11.5 Å². The largest absolute Gasteiger partial charge is 0.466 e. The van der Waals surface area contributed by atoms with Gasteiger partial charge in [0.05, 0.1) is 18.6 Å². The van der Waals surface area contributed by atoms with Crippen LogP contribution < -0.4 is 0 Å². The second-order valence-corrected chi connectivity index (χ2v) is 2.73. The molecule has 1 atom stereocenters. The number of aliphatic hydroxyl groups excluding tert-OH is 1. The number of aliphatic hydroxyl groups is 1. The zero-order valence-corrected chi connectivity index (χ0v) is 6.95. The van der Waals surface area contributed by atoms with Crippen molar-refractivity contribution < 1.29 is 9.52 Å². The third kappa shape index (κ3) is 2.11. The summed E-state index contributed by atoms with van der Waals surface area (Å²) < 4.78 is 5.26. The minimum absolute atomic E-state index is 0.115. The number of hydrogen-bond donors (Lipinski definition) is 1. The monoisotopic (exact) mass is 165 g/mol. The first kappa shape index (κ1) is 8.82. The van der Waals surface area contributed by atoms with Crippen LogP contribution in [0, 0.1) is 24.2 Å². The first-order chi connectivity index (χ1) is 5.76. The van der Waals surface area contributed by atoms with E-state index >= 15 is 0 Å². The van der Waals surface area contributed by atoms with Crippen molar-refractivity contribution in [2.75, 3.05) is 6.61 Å². The smallest absolute Gasteiger partial charge is 0.105 e. The minimum Gasteiger partial charge on any atom is -0.466 e. The van der Waals surface area contributed by atoms with Gasteiger partial charge < -0.3 is 9.52 Å². The van der Waals surface area contributed by atoms with Crippen LogP contribution in [0.5, 0.6) is 0 Å². The van der Waals surface area contributed by atoms with Crippen LogP contribution in [0.3, 0.4) is 0 Å². The molecule has 3 heteroatoms. The standard InChI is InChI=1S/C9H11NO2/c1-7-2-3-9(12-7)4-8(5-10)6-11/h2-3,8,11H,4,6H2,1H3. The zero-order chi connectivity index (χ0) is 8.97. The van der Waals surface area contributed by atoms with E-state index in [9.17, 15) is 0 Å². The molecule has 12 heavy (non-hydrogen) atoms. The van der Waals surface area contributed by atoms with Crippen LogP contribution in [0.25, 0.3) is 0 Å². The SMILES string of the molecule is Cc1ccc(CC(C#N)CO)o1. The number of rotatable bonds is 3. The van der Waals surface area contributed by atoms with Crippen molar-refractivity contribution in [1.82, 2.24) is 0 Å². The summed E-state index contributed by atoms with van der Waals surface area (Å²) >= 11 is 0. The Kier molecular flexibility index (Phi) is 2.89. The molecule has 1 rings (SSSR count). The molecule has 1 aromatic rings. The van der Waals surface area contributed by atoms with E-state index in [-0.39, 0.29) is 12.5 Å². The molecular formula is C9H11NO2. The Morgan fingerprint density at radius 1 is 1.67 bits per heavy atom. The summed E-state index contributed by atoms with van der Waals surface area (Å²) in [7, 11) is 0. The van der Waals surface area contributed by atoms with Gasteiger partial charge in [-0.05, 0) is 19.1 Å². The Hall–Kier alpha value is -1.27. The van der Waals surface area contributed by atoms with Crippen molar-refractivity contribution in [2.24, 2.45) is 5.92 Å². The molecule has 3 nitrogen and oxygen atoms in total. The fourth-order valence-electron chi connectivity index (χ4n) is 0.989. The first-order valence-electron chi connectivity index (χ1n) is 3.82. The van der Waals surface area contributed by atoms with Crippen LogP contribution in [0.2, 0.25) is 0 Å². The van der Waals surface area contributed by atoms with Crippen LogP contribution in [0.4, 0.5) is 0 Å². The molecule has 0 saturated heterocycles. The summed E-state index contributed by atoms with van der Waals surface area (Å²) in [5.41, 5.74) is 0. The van der Waals surface area contributed by atoms with Crippen molar-refractivity contribution in [3.05, 3.63) is 23.7 Å². The maximum absolute atomic E-state index is 8.73. The minimum atomic E-state index is -0.351. The maximum Gasteiger partial charge on any atom is 0.105 e. The normalized spacial score (nSPS) is 12.4. The number of aryl methyl sites for hydroxylation is 1. The van der Waals surface area contributed by atoms with Crippen LogP contribution in [-0.2, 0) is 6.42 Å². The summed E-state index contributed by atoms with van der Waals surface area (Å²) in [5.74, 6) is 1.24. The predicted molar refractivity (Wildman–Crippen MR) is 43.3 cm³/mol. The molecule has 0 aliphatic carbocycles. The molecule has 64 valence electrons. The predicted octanol–water partition coefficient (Wildman–Crippen LogP) is 1.26. The van der Waals surface area contributed by atoms with Crippen molar-refractivity contribution in [2.45, 2.75) is 13.3 Å². The molecule has 0 aliphatic heterocycles. The van der Waals surface area contributed by atoms with Crippen molar-refractivity contribution in [1.29, 1.82) is 5.26 Å². The van der Waals surface area contributed by atoms with Gasteiger partial charge in [0, 0.05) is 6.42 Å². The van der Waals surface area contributed by atoms with Crippen molar-refractivity contribution >= 4 is 0 Å². The molecule has 1 heterocycles. The van der Waals surface area contributed by atoms with Crippen molar-refractivity contribution in [3.63, 3.8) is 0 Å². The lowest BCUT2D eigenvalue weighted by Gasteiger charge is -2.00. The van der Waals surface area contributed by atoms with Gasteiger partial charge >= 0.3 is 0 Å². The molecule has 0 aromatic carbocycles. The van der Waals surface area contributed by atoms with Crippen LogP contribution in [0.1, 0.15) is 11.5 Å². The second-order valence-electron chi connectivity index (χ2n) is 2.73. The summed E-state index contributed by atoms with van der Waals surface area (Å²) in [6.45, 7) is 1.74. The van der Waals surface area contributed by atoms with E-state index in [0.29, 0.717) is 6.42 Å². The highest BCUT2D eigenvalue weighted by Crippen LogP contribution is 2.11. The third-order valence-corrected chi connectivity index (χ3v) is 1.65. The Morgan fingerprint density at radius 2 is 2.42 bits per heavy atom. The summed E-state index contributed by atoms with van der Waals surface area (Å²) in [6, 6.07) is 5.68. The lowest BCUT2D eigenvalue weighted by atomic mass is 10.1. The molecule has 0 fully saturated rings.